The van der Waals surface area contributed by atoms with Gasteiger partial charge in [-0.1, -0.05) is 72.3 Å². The molecule has 1 N–H and O–H groups in total. The number of thioether (sulfide) groups is 1. The van der Waals surface area contributed by atoms with E-state index in [0.29, 0.717) is 26.0 Å². The Morgan fingerprint density at radius 2 is 1.69 bits per heavy atom. The van der Waals surface area contributed by atoms with Crippen LogP contribution in [0.15, 0.2) is 79.0 Å². The highest BCUT2D eigenvalue weighted by Gasteiger charge is 2.22. The SMILES string of the molecule is O=C(CSC(=S)c1c(O)c(-c2ccc(Cl)cc2)c2ccccn12)c1ccccc1. The first-order chi connectivity index (χ1) is 14.1. The number of carbonyl (C=O) groups is 1. The van der Waals surface area contributed by atoms with E-state index in [2.05, 4.69) is 0 Å². The number of pyridine rings is 1. The standard InChI is InChI=1S/C23H16ClNO2S2/c24-17-11-9-16(10-12-17)20-18-8-4-5-13-25(18)21(22(20)27)23(28)29-14-19(26)15-6-2-1-3-7-15/h1-13,27H,14H2. The van der Waals surface area contributed by atoms with E-state index in [1.165, 1.54) is 11.8 Å². The van der Waals surface area contributed by atoms with Gasteiger partial charge in [0.15, 0.2) is 11.5 Å². The summed E-state index contributed by atoms with van der Waals surface area (Å²) in [5.41, 5.74) is 3.53. The molecule has 0 saturated carbocycles. The van der Waals surface area contributed by atoms with Gasteiger partial charge in [-0.2, -0.15) is 0 Å². The molecule has 29 heavy (non-hydrogen) atoms. The van der Waals surface area contributed by atoms with Crippen LogP contribution in [0.1, 0.15) is 16.1 Å². The maximum Gasteiger partial charge on any atom is 0.173 e. The minimum atomic E-state index is -0.00349. The van der Waals surface area contributed by atoms with E-state index in [1.807, 2.05) is 59.1 Å². The maximum atomic E-state index is 12.4. The van der Waals surface area contributed by atoms with Gasteiger partial charge in [0, 0.05) is 22.3 Å². The summed E-state index contributed by atoms with van der Waals surface area (Å²) in [5, 5.41) is 11.7. The summed E-state index contributed by atoms with van der Waals surface area (Å²) in [4.78, 5) is 12.4. The zero-order chi connectivity index (χ0) is 20.4. The van der Waals surface area contributed by atoms with Crippen molar-refractivity contribution in [3.8, 4) is 16.9 Å². The Morgan fingerprint density at radius 3 is 2.41 bits per heavy atom. The molecular formula is C23H16ClNO2S2. The minimum absolute atomic E-state index is 0.00349. The number of aromatic hydroxyl groups is 1. The number of ketones is 1. The largest absolute Gasteiger partial charge is 0.505 e. The molecule has 2 heterocycles. The predicted octanol–water partition coefficient (Wildman–Crippen LogP) is 6.26. The number of halogens is 1. The Bertz CT molecular complexity index is 1200. The zero-order valence-corrected chi connectivity index (χ0v) is 17.6. The van der Waals surface area contributed by atoms with Crippen molar-refractivity contribution in [3.05, 3.63) is 95.3 Å². The van der Waals surface area contributed by atoms with E-state index in [4.69, 9.17) is 23.8 Å². The zero-order valence-electron chi connectivity index (χ0n) is 15.2. The van der Waals surface area contributed by atoms with Gasteiger partial charge in [0.2, 0.25) is 0 Å². The first-order valence-corrected chi connectivity index (χ1v) is 10.7. The van der Waals surface area contributed by atoms with Crippen LogP contribution in [0.2, 0.25) is 5.02 Å². The highest BCUT2D eigenvalue weighted by atomic mass is 35.5. The molecule has 4 rings (SSSR count). The van der Waals surface area contributed by atoms with Crippen LogP contribution in [0.3, 0.4) is 0 Å². The van der Waals surface area contributed by atoms with Gasteiger partial charge in [-0.3, -0.25) is 4.79 Å². The molecule has 0 unspecified atom stereocenters. The van der Waals surface area contributed by atoms with Crippen LogP contribution in [-0.4, -0.2) is 25.2 Å². The van der Waals surface area contributed by atoms with Crippen molar-refractivity contribution < 1.29 is 9.90 Å². The lowest BCUT2D eigenvalue weighted by Gasteiger charge is -2.05. The van der Waals surface area contributed by atoms with Crippen LogP contribution in [0.5, 0.6) is 5.75 Å². The van der Waals surface area contributed by atoms with E-state index >= 15 is 0 Å². The normalized spacial score (nSPS) is 10.9. The van der Waals surface area contributed by atoms with E-state index in [0.717, 1.165) is 11.1 Å². The summed E-state index contributed by atoms with van der Waals surface area (Å²) >= 11 is 12.9. The van der Waals surface area contributed by atoms with Crippen LogP contribution in [-0.2, 0) is 0 Å². The van der Waals surface area contributed by atoms with Crippen molar-refractivity contribution in [2.24, 2.45) is 0 Å². The van der Waals surface area contributed by atoms with Gasteiger partial charge in [-0.25, -0.2) is 0 Å². The molecule has 144 valence electrons. The van der Waals surface area contributed by atoms with E-state index in [9.17, 15) is 9.90 Å². The maximum absolute atomic E-state index is 12.4. The molecule has 2 aromatic heterocycles. The number of hydrogen-bond acceptors (Lipinski definition) is 4. The highest BCUT2D eigenvalue weighted by Crippen LogP contribution is 2.40. The van der Waals surface area contributed by atoms with Crippen LogP contribution in [0.4, 0.5) is 0 Å². The van der Waals surface area contributed by atoms with Crippen molar-refractivity contribution >= 4 is 51.1 Å². The molecule has 0 bridgehead atoms. The van der Waals surface area contributed by atoms with Crippen molar-refractivity contribution in [1.29, 1.82) is 0 Å². The second-order valence-corrected chi connectivity index (χ2v) is 8.49. The van der Waals surface area contributed by atoms with Gasteiger partial charge in [0.1, 0.15) is 5.69 Å². The molecule has 3 nitrogen and oxygen atoms in total. The number of Topliss-reactive ketones (excluding diaryl/α,β-unsaturated/α-hetero) is 1. The van der Waals surface area contributed by atoms with Gasteiger partial charge in [-0.05, 0) is 29.8 Å². The third kappa shape index (κ3) is 3.94. The van der Waals surface area contributed by atoms with Crippen LogP contribution in [0, 0.1) is 0 Å². The molecule has 2 aromatic carbocycles. The van der Waals surface area contributed by atoms with E-state index in [-0.39, 0.29) is 17.3 Å². The quantitative estimate of drug-likeness (QED) is 0.295. The lowest BCUT2D eigenvalue weighted by molar-refractivity contribution is 0.102. The van der Waals surface area contributed by atoms with Gasteiger partial charge in [0.25, 0.3) is 0 Å². The molecule has 0 spiro atoms. The van der Waals surface area contributed by atoms with Crippen LogP contribution < -0.4 is 0 Å². The van der Waals surface area contributed by atoms with Crippen molar-refractivity contribution in [2.45, 2.75) is 0 Å². The number of carbonyl (C=O) groups excluding carboxylic acids is 1. The predicted molar refractivity (Wildman–Crippen MR) is 124 cm³/mol. The molecule has 0 aliphatic carbocycles. The summed E-state index contributed by atoms with van der Waals surface area (Å²) < 4.78 is 2.33. The lowest BCUT2D eigenvalue weighted by Crippen LogP contribution is -2.06. The fraction of sp³-hybridized carbons (Fsp3) is 0.0435. The molecule has 0 aliphatic rings. The molecule has 0 atom stereocenters. The van der Waals surface area contributed by atoms with Crippen molar-refractivity contribution in [3.63, 3.8) is 0 Å². The summed E-state index contributed by atoms with van der Waals surface area (Å²) in [6, 6.07) is 22.1. The number of rotatable bonds is 5. The van der Waals surface area contributed by atoms with Gasteiger partial charge in [-0.15, -0.1) is 11.8 Å². The Balaban J connectivity index is 1.68. The molecule has 0 aliphatic heterocycles. The number of thiocarbonyl (C=S) groups is 1. The fourth-order valence-corrected chi connectivity index (χ4v) is 4.46. The molecule has 0 fully saturated rings. The summed E-state index contributed by atoms with van der Waals surface area (Å²) in [6.07, 6.45) is 1.86. The number of benzene rings is 2. The first kappa shape index (κ1) is 19.7. The summed E-state index contributed by atoms with van der Waals surface area (Å²) in [7, 11) is 0. The van der Waals surface area contributed by atoms with Gasteiger partial charge in [0.05, 0.1) is 15.5 Å². The summed E-state index contributed by atoms with van der Waals surface area (Å²) in [6.45, 7) is 0. The van der Waals surface area contributed by atoms with E-state index < -0.39 is 0 Å². The highest BCUT2D eigenvalue weighted by molar-refractivity contribution is 8.24. The monoisotopic (exact) mass is 437 g/mol. The second-order valence-electron chi connectivity index (χ2n) is 6.40. The average molecular weight is 438 g/mol. The van der Waals surface area contributed by atoms with Gasteiger partial charge < -0.3 is 9.51 Å². The van der Waals surface area contributed by atoms with Crippen LogP contribution >= 0.6 is 35.6 Å². The Hall–Kier alpha value is -2.60. The number of fused-ring (bicyclic) bond motifs is 1. The first-order valence-electron chi connectivity index (χ1n) is 8.89. The van der Waals surface area contributed by atoms with Crippen molar-refractivity contribution in [2.75, 3.05) is 5.75 Å². The summed E-state index contributed by atoms with van der Waals surface area (Å²) in [5.74, 6) is 0.304. The third-order valence-corrected chi connectivity index (χ3v) is 6.24. The Morgan fingerprint density at radius 1 is 1.00 bits per heavy atom. The molecule has 6 heteroatoms. The third-order valence-electron chi connectivity index (χ3n) is 4.57. The lowest BCUT2D eigenvalue weighted by atomic mass is 10.1. The van der Waals surface area contributed by atoms with Crippen molar-refractivity contribution in [1.82, 2.24) is 4.40 Å². The average Bonchev–Trinajstić information content (AvgIpc) is 3.05. The van der Waals surface area contributed by atoms with Crippen LogP contribution in [0.25, 0.3) is 16.6 Å². The Labute approximate surface area is 182 Å². The second kappa shape index (κ2) is 8.41. The molecule has 4 aromatic rings. The fourth-order valence-electron chi connectivity index (χ4n) is 3.20. The Kier molecular flexibility index (Phi) is 5.72. The number of hydrogen-bond donors (Lipinski definition) is 1. The number of nitrogens with zero attached hydrogens (tertiary/aromatic N) is 1. The molecular weight excluding hydrogens is 422 g/mol. The van der Waals surface area contributed by atoms with E-state index in [1.54, 1.807) is 24.3 Å². The number of aromatic nitrogens is 1. The smallest absolute Gasteiger partial charge is 0.173 e. The topological polar surface area (TPSA) is 41.7 Å². The van der Waals surface area contributed by atoms with Gasteiger partial charge >= 0.3 is 0 Å². The molecule has 0 saturated heterocycles. The minimum Gasteiger partial charge on any atom is -0.505 e. The molecule has 0 amide bonds. The molecule has 0 radical (unpaired) electrons.